The van der Waals surface area contributed by atoms with E-state index in [9.17, 15) is 0 Å². The Morgan fingerprint density at radius 2 is 1.93 bits per heavy atom. The van der Waals surface area contributed by atoms with E-state index in [-0.39, 0.29) is 30.0 Å². The Balaban J connectivity index is 0.00000210. The highest BCUT2D eigenvalue weighted by atomic mass is 127. The number of para-hydroxylation sites is 1. The lowest BCUT2D eigenvalue weighted by atomic mass is 10.0. The van der Waals surface area contributed by atoms with Crippen molar-refractivity contribution < 1.29 is 9.15 Å². The summed E-state index contributed by atoms with van der Waals surface area (Å²) in [5.74, 6) is 1.87. The van der Waals surface area contributed by atoms with Crippen molar-refractivity contribution in [1.29, 1.82) is 0 Å². The van der Waals surface area contributed by atoms with E-state index in [1.807, 2.05) is 54.6 Å². The molecule has 1 aliphatic rings. The highest BCUT2D eigenvalue weighted by molar-refractivity contribution is 14.0. The van der Waals surface area contributed by atoms with Crippen LogP contribution in [-0.2, 0) is 6.54 Å². The number of hydrogen-bond acceptors (Lipinski definition) is 4. The first-order valence-electron chi connectivity index (χ1n) is 8.57. The van der Waals surface area contributed by atoms with Crippen LogP contribution >= 0.6 is 24.0 Å². The van der Waals surface area contributed by atoms with E-state index in [2.05, 4.69) is 15.3 Å². The number of benzene rings is 2. The fourth-order valence-electron chi connectivity index (χ4n) is 2.98. The number of rotatable bonds is 4. The first-order valence-corrected chi connectivity index (χ1v) is 8.57. The minimum absolute atomic E-state index is 0. The average Bonchev–Trinajstić information content (AvgIpc) is 3.17. The van der Waals surface area contributed by atoms with Gasteiger partial charge in [0.2, 0.25) is 5.89 Å². The van der Waals surface area contributed by atoms with Crippen molar-refractivity contribution in [1.82, 2.24) is 10.3 Å². The predicted molar refractivity (Wildman–Crippen MR) is 115 cm³/mol. The van der Waals surface area contributed by atoms with E-state index in [0.717, 1.165) is 29.0 Å². The molecule has 1 unspecified atom stereocenters. The minimum Gasteiger partial charge on any atom is -0.493 e. The number of nitrogens with zero attached hydrogens (tertiary/aromatic N) is 2. The molecular formula is C20H21IN4O2. The van der Waals surface area contributed by atoms with E-state index >= 15 is 0 Å². The molecule has 0 amide bonds. The van der Waals surface area contributed by atoms with Crippen LogP contribution in [0.15, 0.2) is 70.3 Å². The number of nitrogens with two attached hydrogens (primary N) is 1. The van der Waals surface area contributed by atoms with Gasteiger partial charge in [-0.25, -0.2) is 9.98 Å². The third-order valence-electron chi connectivity index (χ3n) is 4.26. The molecule has 1 aromatic heterocycles. The molecule has 7 heteroatoms. The number of halogens is 1. The fraction of sp³-hybridized carbons (Fsp3) is 0.200. The Morgan fingerprint density at radius 3 is 2.78 bits per heavy atom. The fourth-order valence-corrected chi connectivity index (χ4v) is 2.98. The van der Waals surface area contributed by atoms with Gasteiger partial charge in [-0.3, -0.25) is 0 Å². The maximum atomic E-state index is 6.07. The second kappa shape index (κ2) is 8.90. The third kappa shape index (κ3) is 4.60. The van der Waals surface area contributed by atoms with E-state index in [1.54, 1.807) is 6.26 Å². The first kappa shape index (κ1) is 19.2. The highest BCUT2D eigenvalue weighted by Crippen LogP contribution is 2.31. The van der Waals surface area contributed by atoms with E-state index in [1.165, 1.54) is 0 Å². The summed E-state index contributed by atoms with van der Waals surface area (Å²) in [5, 5.41) is 3.27. The smallest absolute Gasteiger partial charge is 0.226 e. The number of fused-ring (bicyclic) bond motifs is 1. The molecule has 6 nitrogen and oxygen atoms in total. The van der Waals surface area contributed by atoms with Gasteiger partial charge >= 0.3 is 0 Å². The van der Waals surface area contributed by atoms with Gasteiger partial charge in [0.05, 0.1) is 19.2 Å². The molecular weight excluding hydrogens is 455 g/mol. The van der Waals surface area contributed by atoms with Crippen molar-refractivity contribution in [2.75, 3.05) is 6.61 Å². The number of guanidine groups is 1. The Kier molecular flexibility index (Phi) is 6.33. The maximum absolute atomic E-state index is 6.07. The number of hydrogen-bond donors (Lipinski definition) is 2. The number of ether oxygens (including phenoxy) is 1. The van der Waals surface area contributed by atoms with Crippen molar-refractivity contribution in [3.63, 3.8) is 0 Å². The summed E-state index contributed by atoms with van der Waals surface area (Å²) in [6.07, 6.45) is 2.46. The summed E-state index contributed by atoms with van der Waals surface area (Å²) in [5.41, 5.74) is 8.84. The largest absolute Gasteiger partial charge is 0.493 e. The lowest BCUT2D eigenvalue weighted by Crippen LogP contribution is -2.37. The SMILES string of the molecule is I.NC(=NCc1coc(-c2ccccc2)n1)NC1CCOc2ccccc21. The molecule has 1 aliphatic heterocycles. The molecule has 0 saturated heterocycles. The second-order valence-corrected chi connectivity index (χ2v) is 6.08. The first-order chi connectivity index (χ1) is 12.8. The standard InChI is InChI=1S/C20H20N4O2.HI/c21-20(24-17-10-11-25-18-9-5-4-8-16(17)18)22-12-15-13-26-19(23-15)14-6-2-1-3-7-14;/h1-9,13,17H,10-12H2,(H3,21,22,24);1H. The summed E-state index contributed by atoms with van der Waals surface area (Å²) in [7, 11) is 0. The zero-order valence-corrected chi connectivity index (χ0v) is 17.0. The average molecular weight is 476 g/mol. The highest BCUT2D eigenvalue weighted by Gasteiger charge is 2.21. The van der Waals surface area contributed by atoms with Gasteiger partial charge in [-0.1, -0.05) is 36.4 Å². The maximum Gasteiger partial charge on any atom is 0.226 e. The van der Waals surface area contributed by atoms with Gasteiger partial charge in [0.15, 0.2) is 5.96 Å². The molecule has 27 heavy (non-hydrogen) atoms. The zero-order chi connectivity index (χ0) is 17.8. The molecule has 2 heterocycles. The van der Waals surface area contributed by atoms with Crippen LogP contribution in [0.25, 0.3) is 11.5 Å². The summed E-state index contributed by atoms with van der Waals surface area (Å²) >= 11 is 0. The van der Waals surface area contributed by atoms with Gasteiger partial charge in [-0.05, 0) is 18.2 Å². The van der Waals surface area contributed by atoms with Gasteiger partial charge in [0.1, 0.15) is 17.7 Å². The molecule has 3 aromatic rings. The van der Waals surface area contributed by atoms with Gasteiger partial charge in [0, 0.05) is 17.5 Å². The molecule has 0 spiro atoms. The normalized spacial score (nSPS) is 16.0. The number of nitrogens with one attached hydrogen (secondary N) is 1. The van der Waals surface area contributed by atoms with Crippen molar-refractivity contribution in [2.45, 2.75) is 19.0 Å². The van der Waals surface area contributed by atoms with Crippen molar-refractivity contribution in [3.05, 3.63) is 72.1 Å². The molecule has 0 saturated carbocycles. The summed E-state index contributed by atoms with van der Waals surface area (Å²) < 4.78 is 11.2. The summed E-state index contributed by atoms with van der Waals surface area (Å²) in [4.78, 5) is 8.85. The molecule has 1 atom stereocenters. The quantitative estimate of drug-likeness (QED) is 0.339. The molecule has 0 fully saturated rings. The lowest BCUT2D eigenvalue weighted by molar-refractivity contribution is 0.262. The van der Waals surface area contributed by atoms with Gasteiger partial charge < -0.3 is 20.2 Å². The number of oxazole rings is 1. The molecule has 2 aromatic carbocycles. The van der Waals surface area contributed by atoms with Crippen LogP contribution in [0.1, 0.15) is 23.7 Å². The van der Waals surface area contributed by atoms with Crippen molar-refractivity contribution in [2.24, 2.45) is 10.7 Å². The molecule has 0 bridgehead atoms. The van der Waals surface area contributed by atoms with Crippen molar-refractivity contribution in [3.8, 4) is 17.2 Å². The van der Waals surface area contributed by atoms with Gasteiger partial charge in [-0.15, -0.1) is 24.0 Å². The Hall–Kier alpha value is -2.55. The molecule has 3 N–H and O–H groups in total. The van der Waals surface area contributed by atoms with Crippen LogP contribution in [0.2, 0.25) is 0 Å². The molecule has 4 rings (SSSR count). The monoisotopic (exact) mass is 476 g/mol. The van der Waals surface area contributed by atoms with E-state index < -0.39 is 0 Å². The molecule has 140 valence electrons. The minimum atomic E-state index is 0. The Morgan fingerprint density at radius 1 is 1.15 bits per heavy atom. The van der Waals surface area contributed by atoms with Crippen LogP contribution in [0.3, 0.4) is 0 Å². The van der Waals surface area contributed by atoms with Crippen LogP contribution in [0.4, 0.5) is 0 Å². The van der Waals surface area contributed by atoms with Crippen LogP contribution < -0.4 is 15.8 Å². The van der Waals surface area contributed by atoms with Gasteiger partial charge in [0.25, 0.3) is 0 Å². The summed E-state index contributed by atoms with van der Waals surface area (Å²) in [6.45, 7) is 1.02. The third-order valence-corrected chi connectivity index (χ3v) is 4.26. The Labute approximate surface area is 174 Å². The number of aliphatic imine (C=N–C) groups is 1. The lowest BCUT2D eigenvalue weighted by Gasteiger charge is -2.26. The van der Waals surface area contributed by atoms with Crippen LogP contribution in [-0.4, -0.2) is 17.6 Å². The van der Waals surface area contributed by atoms with E-state index in [4.69, 9.17) is 14.9 Å². The van der Waals surface area contributed by atoms with Crippen LogP contribution in [0, 0.1) is 0 Å². The second-order valence-electron chi connectivity index (χ2n) is 6.08. The molecule has 0 radical (unpaired) electrons. The zero-order valence-electron chi connectivity index (χ0n) is 14.7. The number of aromatic nitrogens is 1. The van der Waals surface area contributed by atoms with Gasteiger partial charge in [-0.2, -0.15) is 0 Å². The van der Waals surface area contributed by atoms with Crippen LogP contribution in [0.5, 0.6) is 5.75 Å². The summed E-state index contributed by atoms with van der Waals surface area (Å²) in [6, 6.07) is 17.8. The van der Waals surface area contributed by atoms with E-state index in [0.29, 0.717) is 25.0 Å². The Bertz CT molecular complexity index is 911. The molecule has 0 aliphatic carbocycles. The topological polar surface area (TPSA) is 85.7 Å². The predicted octanol–water partition coefficient (Wildman–Crippen LogP) is 3.89. The van der Waals surface area contributed by atoms with Crippen molar-refractivity contribution >= 4 is 29.9 Å².